The molecule has 1 fully saturated rings. The first-order chi connectivity index (χ1) is 12.1. The fraction of sp³-hybridized carbons (Fsp3) is 0.350. The first kappa shape index (κ1) is 17.1. The quantitative estimate of drug-likeness (QED) is 0.807. The summed E-state index contributed by atoms with van der Waals surface area (Å²) in [6, 6.07) is 13.4. The topological polar surface area (TPSA) is 48.0 Å². The van der Waals surface area contributed by atoms with Crippen molar-refractivity contribution in [3.63, 3.8) is 0 Å². The molecule has 1 amide bonds. The summed E-state index contributed by atoms with van der Waals surface area (Å²) in [7, 11) is 6.63. The Balaban J connectivity index is 1.73. The van der Waals surface area contributed by atoms with Crippen molar-refractivity contribution < 1.29 is 19.0 Å². The molecule has 2 aromatic carbocycles. The molecule has 0 N–H and O–H groups in total. The molecule has 0 bridgehead atoms. The molecule has 1 saturated carbocycles. The molecule has 0 heterocycles. The van der Waals surface area contributed by atoms with Crippen molar-refractivity contribution in [2.24, 2.45) is 5.92 Å². The number of hydrogen-bond acceptors (Lipinski definition) is 4. The molecule has 1 aliphatic carbocycles. The standard InChI is InChI=1S/C20H23NO4/c1-21(14-8-9-18(24-3)19(11-14)25-4)20(22)17-12-16(17)13-6-5-7-15(10-13)23-2/h5-11,16-17H,12H2,1-4H3/t16-,17+/m0/s1. The van der Waals surface area contributed by atoms with E-state index in [1.165, 1.54) is 0 Å². The van der Waals surface area contributed by atoms with Gasteiger partial charge in [-0.25, -0.2) is 0 Å². The molecule has 0 spiro atoms. The third-order valence-electron chi connectivity index (χ3n) is 4.71. The summed E-state index contributed by atoms with van der Waals surface area (Å²) in [5.41, 5.74) is 1.94. The smallest absolute Gasteiger partial charge is 0.230 e. The third-order valence-corrected chi connectivity index (χ3v) is 4.71. The van der Waals surface area contributed by atoms with E-state index >= 15 is 0 Å². The lowest BCUT2D eigenvalue weighted by Gasteiger charge is -2.19. The minimum absolute atomic E-state index is 0.00482. The van der Waals surface area contributed by atoms with Crippen LogP contribution in [0.3, 0.4) is 0 Å². The summed E-state index contributed by atoms with van der Waals surface area (Å²) in [5.74, 6) is 2.45. The van der Waals surface area contributed by atoms with E-state index in [0.29, 0.717) is 11.5 Å². The lowest BCUT2D eigenvalue weighted by molar-refractivity contribution is -0.119. The average Bonchev–Trinajstić information content (AvgIpc) is 3.47. The van der Waals surface area contributed by atoms with Crippen molar-refractivity contribution in [2.75, 3.05) is 33.3 Å². The predicted molar refractivity (Wildman–Crippen MR) is 96.8 cm³/mol. The number of carbonyl (C=O) groups excluding carboxylic acids is 1. The number of carbonyl (C=O) groups is 1. The maximum Gasteiger partial charge on any atom is 0.230 e. The molecule has 132 valence electrons. The molecule has 0 aromatic heterocycles. The van der Waals surface area contributed by atoms with Gasteiger partial charge in [-0.3, -0.25) is 4.79 Å². The Labute approximate surface area is 148 Å². The summed E-state index contributed by atoms with van der Waals surface area (Å²) < 4.78 is 15.8. The van der Waals surface area contributed by atoms with Crippen LogP contribution in [-0.2, 0) is 4.79 Å². The average molecular weight is 341 g/mol. The van der Waals surface area contributed by atoms with Crippen molar-refractivity contribution in [1.29, 1.82) is 0 Å². The molecule has 0 saturated heterocycles. The van der Waals surface area contributed by atoms with E-state index in [9.17, 15) is 4.79 Å². The second-order valence-electron chi connectivity index (χ2n) is 6.16. The van der Waals surface area contributed by atoms with E-state index in [-0.39, 0.29) is 17.7 Å². The SMILES string of the molecule is COc1cccc([C@@H]2C[C@H]2C(=O)N(C)c2ccc(OC)c(OC)c2)c1. The van der Waals surface area contributed by atoms with Crippen LogP contribution in [0.15, 0.2) is 42.5 Å². The van der Waals surface area contributed by atoms with Gasteiger partial charge in [0.15, 0.2) is 11.5 Å². The predicted octanol–water partition coefficient (Wildman–Crippen LogP) is 3.48. The van der Waals surface area contributed by atoms with Crippen LogP contribution in [0.5, 0.6) is 17.2 Å². The van der Waals surface area contributed by atoms with Crippen LogP contribution >= 0.6 is 0 Å². The lowest BCUT2D eigenvalue weighted by Crippen LogP contribution is -2.28. The van der Waals surface area contributed by atoms with E-state index in [4.69, 9.17) is 14.2 Å². The van der Waals surface area contributed by atoms with Gasteiger partial charge in [-0.1, -0.05) is 12.1 Å². The highest BCUT2D eigenvalue weighted by Gasteiger charge is 2.45. The zero-order chi connectivity index (χ0) is 18.0. The number of amides is 1. The van der Waals surface area contributed by atoms with E-state index in [1.54, 1.807) is 33.3 Å². The summed E-state index contributed by atoms with van der Waals surface area (Å²) in [4.78, 5) is 14.5. The lowest BCUT2D eigenvalue weighted by atomic mass is 10.1. The normalized spacial score (nSPS) is 18.4. The van der Waals surface area contributed by atoms with Gasteiger partial charge in [0.2, 0.25) is 5.91 Å². The number of rotatable bonds is 6. The number of benzene rings is 2. The molecule has 5 heteroatoms. The fourth-order valence-electron chi connectivity index (χ4n) is 3.12. The number of hydrogen-bond donors (Lipinski definition) is 0. The van der Waals surface area contributed by atoms with Gasteiger partial charge in [-0.2, -0.15) is 0 Å². The first-order valence-corrected chi connectivity index (χ1v) is 8.22. The Morgan fingerprint density at radius 3 is 2.44 bits per heavy atom. The molecule has 3 rings (SSSR count). The van der Waals surface area contributed by atoms with Crippen molar-refractivity contribution in [3.05, 3.63) is 48.0 Å². The summed E-state index contributed by atoms with van der Waals surface area (Å²) in [5, 5.41) is 0. The van der Waals surface area contributed by atoms with Crippen LogP contribution in [0.4, 0.5) is 5.69 Å². The van der Waals surface area contributed by atoms with Crippen LogP contribution in [-0.4, -0.2) is 34.3 Å². The molecule has 0 radical (unpaired) electrons. The van der Waals surface area contributed by atoms with Crippen molar-refractivity contribution in [2.45, 2.75) is 12.3 Å². The Morgan fingerprint density at radius 2 is 1.76 bits per heavy atom. The van der Waals surface area contributed by atoms with Gasteiger partial charge in [-0.15, -0.1) is 0 Å². The molecule has 0 unspecified atom stereocenters. The van der Waals surface area contributed by atoms with Crippen LogP contribution in [0.25, 0.3) is 0 Å². The molecule has 5 nitrogen and oxygen atoms in total. The highest BCUT2D eigenvalue weighted by Crippen LogP contribution is 2.49. The van der Waals surface area contributed by atoms with Crippen LogP contribution in [0.1, 0.15) is 17.9 Å². The summed E-state index contributed by atoms with van der Waals surface area (Å²) >= 11 is 0. The van der Waals surface area contributed by atoms with Gasteiger partial charge in [0.25, 0.3) is 0 Å². The van der Waals surface area contributed by atoms with E-state index < -0.39 is 0 Å². The maximum absolute atomic E-state index is 12.8. The number of anilines is 1. The molecule has 25 heavy (non-hydrogen) atoms. The number of methoxy groups -OCH3 is 3. The Hall–Kier alpha value is -2.69. The second kappa shape index (κ2) is 7.05. The molecule has 2 aromatic rings. The maximum atomic E-state index is 12.8. The molecule has 2 atom stereocenters. The highest BCUT2D eigenvalue weighted by atomic mass is 16.5. The summed E-state index contributed by atoms with van der Waals surface area (Å²) in [6.45, 7) is 0. The first-order valence-electron chi connectivity index (χ1n) is 8.22. The van der Waals surface area contributed by atoms with Crippen molar-refractivity contribution in [3.8, 4) is 17.2 Å². The van der Waals surface area contributed by atoms with Gasteiger partial charge < -0.3 is 19.1 Å². The number of ether oxygens (including phenoxy) is 3. The Morgan fingerprint density at radius 1 is 1.00 bits per heavy atom. The van der Waals surface area contributed by atoms with Gasteiger partial charge in [-0.05, 0) is 42.2 Å². The molecule has 1 aliphatic rings. The van der Waals surface area contributed by atoms with Crippen LogP contribution in [0, 0.1) is 5.92 Å². The van der Waals surface area contributed by atoms with Crippen molar-refractivity contribution in [1.82, 2.24) is 0 Å². The second-order valence-corrected chi connectivity index (χ2v) is 6.16. The van der Waals surface area contributed by atoms with Gasteiger partial charge in [0.05, 0.1) is 21.3 Å². The molecular formula is C20H23NO4. The fourth-order valence-corrected chi connectivity index (χ4v) is 3.12. The third kappa shape index (κ3) is 3.40. The van der Waals surface area contributed by atoms with Crippen LogP contribution < -0.4 is 19.1 Å². The van der Waals surface area contributed by atoms with Gasteiger partial charge in [0.1, 0.15) is 5.75 Å². The largest absolute Gasteiger partial charge is 0.497 e. The minimum Gasteiger partial charge on any atom is -0.497 e. The number of nitrogens with zero attached hydrogens (tertiary/aromatic N) is 1. The molecular weight excluding hydrogens is 318 g/mol. The molecule has 0 aliphatic heterocycles. The Kier molecular flexibility index (Phi) is 4.83. The van der Waals surface area contributed by atoms with E-state index in [2.05, 4.69) is 6.07 Å². The van der Waals surface area contributed by atoms with Crippen LogP contribution in [0.2, 0.25) is 0 Å². The highest BCUT2D eigenvalue weighted by molar-refractivity contribution is 5.97. The Bertz CT molecular complexity index is 774. The van der Waals surface area contributed by atoms with Crippen molar-refractivity contribution >= 4 is 11.6 Å². The minimum atomic E-state index is 0.00482. The summed E-state index contributed by atoms with van der Waals surface area (Å²) in [6.07, 6.45) is 0.865. The van der Waals surface area contributed by atoms with E-state index in [0.717, 1.165) is 23.4 Å². The monoisotopic (exact) mass is 341 g/mol. The zero-order valence-corrected chi connectivity index (χ0v) is 15.0. The zero-order valence-electron chi connectivity index (χ0n) is 15.0. The van der Waals surface area contributed by atoms with E-state index in [1.807, 2.05) is 36.4 Å². The van der Waals surface area contributed by atoms with Gasteiger partial charge in [0, 0.05) is 24.7 Å². The van der Waals surface area contributed by atoms with Gasteiger partial charge >= 0.3 is 0 Å².